The average Bonchev–Trinajstić information content (AvgIpc) is 3.26. The summed E-state index contributed by atoms with van der Waals surface area (Å²) in [4.78, 5) is 15.0. The molecule has 1 aliphatic carbocycles. The monoisotopic (exact) mass is 288 g/mol. The maximum atomic E-state index is 13.1. The van der Waals surface area contributed by atoms with Crippen LogP contribution in [0.2, 0.25) is 0 Å². The van der Waals surface area contributed by atoms with Gasteiger partial charge in [-0.3, -0.25) is 4.79 Å². The molecule has 21 heavy (non-hydrogen) atoms. The Balaban J connectivity index is 2.32. The minimum absolute atomic E-state index is 0.120. The third-order valence-electron chi connectivity index (χ3n) is 4.87. The Bertz CT molecular complexity index is 469. The summed E-state index contributed by atoms with van der Waals surface area (Å²) in [5.74, 6) is 0.545. The Morgan fingerprint density at radius 1 is 1.29 bits per heavy atom. The Kier molecular flexibility index (Phi) is 5.04. The first-order chi connectivity index (χ1) is 10.1. The third kappa shape index (κ3) is 2.84. The van der Waals surface area contributed by atoms with Gasteiger partial charge in [0, 0.05) is 19.1 Å². The molecule has 1 fully saturated rings. The molecule has 0 unspecified atom stereocenters. The molecule has 2 rings (SSSR count). The molecule has 116 valence electrons. The molecule has 3 heteroatoms. The Hall–Kier alpha value is -1.35. The second-order valence-electron chi connectivity index (χ2n) is 6.08. The van der Waals surface area contributed by atoms with E-state index in [1.165, 1.54) is 0 Å². The molecule has 0 bridgehead atoms. The van der Waals surface area contributed by atoms with Crippen molar-refractivity contribution < 1.29 is 4.79 Å². The highest BCUT2D eigenvalue weighted by Gasteiger charge is 2.63. The lowest BCUT2D eigenvalue weighted by atomic mass is 9.88. The quantitative estimate of drug-likeness (QED) is 0.838. The summed E-state index contributed by atoms with van der Waals surface area (Å²) < 4.78 is 0. The van der Waals surface area contributed by atoms with Crippen LogP contribution < -0.4 is 5.73 Å². The van der Waals surface area contributed by atoms with E-state index in [4.69, 9.17) is 5.73 Å². The van der Waals surface area contributed by atoms with Crippen molar-refractivity contribution in [2.24, 2.45) is 11.7 Å². The van der Waals surface area contributed by atoms with Gasteiger partial charge in [-0.15, -0.1) is 0 Å². The molecule has 0 aromatic heterocycles. The van der Waals surface area contributed by atoms with Crippen molar-refractivity contribution in [3.63, 3.8) is 0 Å². The first-order valence-electron chi connectivity index (χ1n) is 8.22. The van der Waals surface area contributed by atoms with Crippen LogP contribution in [0.3, 0.4) is 0 Å². The maximum absolute atomic E-state index is 13.1. The van der Waals surface area contributed by atoms with Crippen molar-refractivity contribution in [3.8, 4) is 0 Å². The Labute approximate surface area is 128 Å². The van der Waals surface area contributed by atoms with Gasteiger partial charge in [-0.1, -0.05) is 43.7 Å². The van der Waals surface area contributed by atoms with Crippen molar-refractivity contribution in [2.75, 3.05) is 13.1 Å². The Morgan fingerprint density at radius 2 is 1.90 bits per heavy atom. The summed E-state index contributed by atoms with van der Waals surface area (Å²) in [7, 11) is 0. The fourth-order valence-corrected chi connectivity index (χ4v) is 3.57. The molecule has 3 atom stereocenters. The number of amides is 1. The lowest BCUT2D eigenvalue weighted by Crippen LogP contribution is -2.42. The van der Waals surface area contributed by atoms with Crippen LogP contribution >= 0.6 is 0 Å². The standard InChI is InChI=1S/C18H28N2O/c1-4-10-16(19)15-13-18(15,14-11-8-7-9-12-14)17(21)20(5-2)6-3/h7-9,11-12,15-16H,4-6,10,13,19H2,1-3H3/t15-,16-,18+/m0/s1. The van der Waals surface area contributed by atoms with Gasteiger partial charge < -0.3 is 10.6 Å². The molecule has 0 spiro atoms. The van der Waals surface area contributed by atoms with Crippen molar-refractivity contribution in [1.29, 1.82) is 0 Å². The summed E-state index contributed by atoms with van der Waals surface area (Å²) in [6, 6.07) is 10.3. The SMILES string of the molecule is CCC[C@H](N)[C@@H]1C[C@@]1(C(=O)N(CC)CC)c1ccccc1. The predicted octanol–water partition coefficient (Wildman–Crippen LogP) is 2.94. The molecule has 1 saturated carbocycles. The van der Waals surface area contributed by atoms with Gasteiger partial charge in [-0.05, 0) is 38.2 Å². The van der Waals surface area contributed by atoms with E-state index in [1.807, 2.05) is 36.9 Å². The summed E-state index contributed by atoms with van der Waals surface area (Å²) >= 11 is 0. The van der Waals surface area contributed by atoms with E-state index >= 15 is 0 Å². The highest BCUT2D eigenvalue weighted by molar-refractivity contribution is 5.92. The highest BCUT2D eigenvalue weighted by Crippen LogP contribution is 2.57. The van der Waals surface area contributed by atoms with E-state index < -0.39 is 0 Å². The minimum atomic E-state index is -0.373. The van der Waals surface area contributed by atoms with Gasteiger partial charge in [0.15, 0.2) is 0 Å². The van der Waals surface area contributed by atoms with Crippen LogP contribution in [0, 0.1) is 5.92 Å². The number of nitrogens with zero attached hydrogens (tertiary/aromatic N) is 1. The van der Waals surface area contributed by atoms with Crippen LogP contribution in [-0.4, -0.2) is 29.9 Å². The highest BCUT2D eigenvalue weighted by atomic mass is 16.2. The largest absolute Gasteiger partial charge is 0.342 e. The van der Waals surface area contributed by atoms with Crippen molar-refractivity contribution in [1.82, 2.24) is 4.90 Å². The van der Waals surface area contributed by atoms with E-state index in [2.05, 4.69) is 19.1 Å². The second kappa shape index (κ2) is 6.61. The second-order valence-corrected chi connectivity index (χ2v) is 6.08. The zero-order valence-electron chi connectivity index (χ0n) is 13.5. The van der Waals surface area contributed by atoms with E-state index in [9.17, 15) is 4.79 Å². The smallest absolute Gasteiger partial charge is 0.233 e. The summed E-state index contributed by atoms with van der Waals surface area (Å²) in [5.41, 5.74) is 7.12. The number of hydrogen-bond donors (Lipinski definition) is 1. The number of rotatable bonds is 7. The maximum Gasteiger partial charge on any atom is 0.233 e. The number of benzene rings is 1. The number of nitrogens with two attached hydrogens (primary N) is 1. The molecule has 0 aliphatic heterocycles. The van der Waals surface area contributed by atoms with Gasteiger partial charge >= 0.3 is 0 Å². The lowest BCUT2D eigenvalue weighted by molar-refractivity contribution is -0.134. The summed E-state index contributed by atoms with van der Waals surface area (Å²) in [6.07, 6.45) is 2.96. The third-order valence-corrected chi connectivity index (χ3v) is 4.87. The van der Waals surface area contributed by atoms with Crippen LogP contribution in [0.25, 0.3) is 0 Å². The van der Waals surface area contributed by atoms with Gasteiger partial charge in [0.2, 0.25) is 5.91 Å². The molecule has 3 nitrogen and oxygen atoms in total. The van der Waals surface area contributed by atoms with Gasteiger partial charge in [0.25, 0.3) is 0 Å². The van der Waals surface area contributed by atoms with Crippen LogP contribution in [0.15, 0.2) is 30.3 Å². The average molecular weight is 288 g/mol. The first kappa shape index (κ1) is 16.0. The topological polar surface area (TPSA) is 46.3 Å². The van der Waals surface area contributed by atoms with Crippen molar-refractivity contribution in [3.05, 3.63) is 35.9 Å². The fourth-order valence-electron chi connectivity index (χ4n) is 3.57. The van der Waals surface area contributed by atoms with Gasteiger partial charge in [-0.2, -0.15) is 0 Å². The number of likely N-dealkylation sites (N-methyl/N-ethyl adjacent to an activating group) is 1. The van der Waals surface area contributed by atoms with Crippen LogP contribution in [-0.2, 0) is 10.2 Å². The van der Waals surface area contributed by atoms with E-state index in [0.717, 1.165) is 37.9 Å². The molecule has 1 aliphatic rings. The molecule has 2 N–H and O–H groups in total. The number of carbonyl (C=O) groups is 1. The van der Waals surface area contributed by atoms with E-state index in [1.54, 1.807) is 0 Å². The number of carbonyl (C=O) groups excluding carboxylic acids is 1. The molecule has 0 radical (unpaired) electrons. The zero-order valence-corrected chi connectivity index (χ0v) is 13.5. The molecule has 1 aromatic carbocycles. The van der Waals surface area contributed by atoms with Gasteiger partial charge in [0.05, 0.1) is 5.41 Å². The zero-order chi connectivity index (χ0) is 15.5. The molecular weight excluding hydrogens is 260 g/mol. The summed E-state index contributed by atoms with van der Waals surface area (Å²) in [5, 5.41) is 0. The summed E-state index contributed by atoms with van der Waals surface area (Å²) in [6.45, 7) is 7.77. The predicted molar refractivity (Wildman–Crippen MR) is 87.0 cm³/mol. The lowest BCUT2D eigenvalue weighted by Gasteiger charge is -2.27. The molecule has 0 heterocycles. The van der Waals surface area contributed by atoms with E-state index in [0.29, 0.717) is 0 Å². The normalized spacial score (nSPS) is 25.4. The van der Waals surface area contributed by atoms with Crippen LogP contribution in [0.5, 0.6) is 0 Å². The molecular formula is C18H28N2O. The van der Waals surface area contributed by atoms with Crippen molar-refractivity contribution >= 4 is 5.91 Å². The van der Waals surface area contributed by atoms with Crippen LogP contribution in [0.1, 0.15) is 45.6 Å². The molecule has 1 aromatic rings. The fraction of sp³-hybridized carbons (Fsp3) is 0.611. The van der Waals surface area contributed by atoms with E-state index in [-0.39, 0.29) is 23.3 Å². The van der Waals surface area contributed by atoms with Crippen molar-refractivity contribution in [2.45, 2.75) is 51.5 Å². The minimum Gasteiger partial charge on any atom is -0.342 e. The van der Waals surface area contributed by atoms with Gasteiger partial charge in [0.1, 0.15) is 0 Å². The Morgan fingerprint density at radius 3 is 2.43 bits per heavy atom. The van der Waals surface area contributed by atoms with Gasteiger partial charge in [-0.25, -0.2) is 0 Å². The van der Waals surface area contributed by atoms with Crippen LogP contribution in [0.4, 0.5) is 0 Å². The molecule has 1 amide bonds. The molecule has 0 saturated heterocycles. The first-order valence-corrected chi connectivity index (χ1v) is 8.22. The number of hydrogen-bond acceptors (Lipinski definition) is 2.